The second-order valence-electron chi connectivity index (χ2n) is 7.83. The summed E-state index contributed by atoms with van der Waals surface area (Å²) in [6.07, 6.45) is 0.323. The van der Waals surface area contributed by atoms with Crippen molar-refractivity contribution in [3.05, 3.63) is 65.7 Å². The molecule has 0 bridgehead atoms. The van der Waals surface area contributed by atoms with E-state index in [0.29, 0.717) is 11.3 Å². The number of nitrogens with zero attached hydrogens (tertiary/aromatic N) is 3. The summed E-state index contributed by atoms with van der Waals surface area (Å²) in [6.45, 7) is 8.23. The van der Waals surface area contributed by atoms with Crippen LogP contribution >= 0.6 is 0 Å². The van der Waals surface area contributed by atoms with Gasteiger partial charge in [0, 0.05) is 49.1 Å². The fourth-order valence-corrected chi connectivity index (χ4v) is 3.82. The summed E-state index contributed by atoms with van der Waals surface area (Å²) in [5.41, 5.74) is 3.46. The molecular weight excluding hydrogens is 390 g/mol. The van der Waals surface area contributed by atoms with Gasteiger partial charge in [-0.25, -0.2) is 0 Å². The number of rotatable bonds is 7. The molecule has 1 saturated heterocycles. The van der Waals surface area contributed by atoms with E-state index < -0.39 is 12.3 Å². The van der Waals surface area contributed by atoms with E-state index in [0.717, 1.165) is 43.0 Å². The number of para-hydroxylation sites is 1. The second-order valence-corrected chi connectivity index (χ2v) is 7.83. The summed E-state index contributed by atoms with van der Waals surface area (Å²) in [7, 11) is 0. The minimum atomic E-state index is -0.685. The molecule has 31 heavy (non-hydrogen) atoms. The molecule has 0 radical (unpaired) electrons. The zero-order valence-electron chi connectivity index (χ0n) is 18.3. The van der Waals surface area contributed by atoms with Crippen LogP contribution in [0.15, 0.2) is 54.6 Å². The number of hydrogen-bond acceptors (Lipinski definition) is 6. The van der Waals surface area contributed by atoms with Gasteiger partial charge in [-0.2, -0.15) is 5.26 Å². The molecule has 1 N–H and O–H groups in total. The van der Waals surface area contributed by atoms with Gasteiger partial charge in [0.2, 0.25) is 0 Å². The predicted octanol–water partition coefficient (Wildman–Crippen LogP) is 3.72. The normalized spacial score (nSPS) is 17.0. The number of ketones is 1. The van der Waals surface area contributed by atoms with Crippen LogP contribution in [0.4, 0.5) is 5.69 Å². The molecule has 1 fully saturated rings. The Hall–Kier alpha value is -3.14. The highest BCUT2D eigenvalue weighted by molar-refractivity contribution is 5.94. The van der Waals surface area contributed by atoms with Crippen molar-refractivity contribution in [3.8, 4) is 11.8 Å². The second kappa shape index (κ2) is 10.3. The Bertz CT molecular complexity index is 968. The molecule has 6 nitrogen and oxygen atoms in total. The molecule has 0 spiro atoms. The lowest BCUT2D eigenvalue weighted by atomic mass is 10.1. The van der Waals surface area contributed by atoms with E-state index in [2.05, 4.69) is 15.9 Å². The number of Topliss-reactive ketones (excluding diaryl/α,β-unsaturated/α-hetero) is 1. The zero-order chi connectivity index (χ0) is 22.4. The highest BCUT2D eigenvalue weighted by Crippen LogP contribution is 2.28. The quantitative estimate of drug-likeness (QED) is 0.544. The Labute approximate surface area is 184 Å². The van der Waals surface area contributed by atoms with Gasteiger partial charge in [-0.1, -0.05) is 18.2 Å². The molecule has 0 amide bonds. The van der Waals surface area contributed by atoms with Crippen LogP contribution in [0.5, 0.6) is 5.75 Å². The molecule has 2 unspecified atom stereocenters. The highest BCUT2D eigenvalue weighted by atomic mass is 16.5. The van der Waals surface area contributed by atoms with Crippen molar-refractivity contribution in [2.24, 2.45) is 0 Å². The lowest BCUT2D eigenvalue weighted by Crippen LogP contribution is -2.55. The lowest BCUT2D eigenvalue weighted by Gasteiger charge is -2.41. The minimum Gasteiger partial charge on any atom is -0.472 e. The summed E-state index contributed by atoms with van der Waals surface area (Å²) in [6, 6.07) is 17.3. The highest BCUT2D eigenvalue weighted by Gasteiger charge is 2.29. The molecule has 2 aromatic rings. The first-order valence-electron chi connectivity index (χ1n) is 10.5. The maximum absolute atomic E-state index is 11.5. The average molecular weight is 420 g/mol. The van der Waals surface area contributed by atoms with Gasteiger partial charge in [0.25, 0.3) is 0 Å². The van der Waals surface area contributed by atoms with Crippen LogP contribution < -0.4 is 9.64 Å². The van der Waals surface area contributed by atoms with Crippen molar-refractivity contribution in [2.45, 2.75) is 33.1 Å². The Balaban J connectivity index is 1.70. The third-order valence-electron chi connectivity index (χ3n) is 5.57. The molecular formula is C25H29N3O3. The van der Waals surface area contributed by atoms with E-state index in [1.165, 1.54) is 6.08 Å². The first kappa shape index (κ1) is 22.5. The van der Waals surface area contributed by atoms with Crippen molar-refractivity contribution in [3.63, 3.8) is 0 Å². The fourth-order valence-electron chi connectivity index (χ4n) is 3.82. The number of nitriles is 1. The van der Waals surface area contributed by atoms with Crippen LogP contribution in [0.25, 0.3) is 5.57 Å². The molecule has 3 rings (SSSR count). The van der Waals surface area contributed by atoms with Gasteiger partial charge in [0.05, 0.1) is 6.07 Å². The Kier molecular flexibility index (Phi) is 7.45. The molecule has 0 aliphatic carbocycles. The van der Waals surface area contributed by atoms with E-state index in [-0.39, 0.29) is 5.78 Å². The molecule has 2 aromatic carbocycles. The number of allylic oxidation sites excluding steroid dienone is 2. The maximum Gasteiger partial charge on any atom is 0.178 e. The number of ether oxygens (including phenoxy) is 1. The number of aliphatic hydroxyl groups is 1. The first-order valence-corrected chi connectivity index (χ1v) is 10.5. The van der Waals surface area contributed by atoms with Crippen molar-refractivity contribution < 1.29 is 14.6 Å². The van der Waals surface area contributed by atoms with E-state index in [4.69, 9.17) is 10.00 Å². The summed E-state index contributed by atoms with van der Waals surface area (Å²) in [5, 5.41) is 19.4. The first-order chi connectivity index (χ1) is 14.9. The average Bonchev–Trinajstić information content (AvgIpc) is 2.78. The van der Waals surface area contributed by atoms with Crippen molar-refractivity contribution in [1.29, 1.82) is 5.26 Å². The van der Waals surface area contributed by atoms with Crippen LogP contribution in [0.2, 0.25) is 0 Å². The fraction of sp³-hybridized carbons (Fsp3) is 0.360. The SMILES string of the molecule is CC(=O)c1ccc(N2CCN(C(Oc3ccccc3/C(C)=C\C#N)C(C)O)CC2)cc1. The van der Waals surface area contributed by atoms with Crippen LogP contribution in [-0.4, -0.2) is 54.3 Å². The number of piperazine rings is 1. The smallest absolute Gasteiger partial charge is 0.178 e. The molecule has 162 valence electrons. The number of carbonyl (C=O) groups is 1. The van der Waals surface area contributed by atoms with E-state index in [1.807, 2.05) is 55.5 Å². The maximum atomic E-state index is 11.5. The summed E-state index contributed by atoms with van der Waals surface area (Å²) in [4.78, 5) is 15.9. The van der Waals surface area contributed by atoms with Crippen LogP contribution in [0.1, 0.15) is 36.7 Å². The third kappa shape index (κ3) is 5.52. The Morgan fingerprint density at radius 3 is 2.32 bits per heavy atom. The lowest BCUT2D eigenvalue weighted by molar-refractivity contribution is -0.0602. The Morgan fingerprint density at radius 2 is 1.74 bits per heavy atom. The topological polar surface area (TPSA) is 76.8 Å². The Morgan fingerprint density at radius 1 is 1.10 bits per heavy atom. The van der Waals surface area contributed by atoms with Gasteiger partial charge in [-0.3, -0.25) is 9.69 Å². The number of anilines is 1. The largest absolute Gasteiger partial charge is 0.472 e. The molecule has 1 heterocycles. The number of hydrogen-bond donors (Lipinski definition) is 1. The third-order valence-corrected chi connectivity index (χ3v) is 5.57. The summed E-state index contributed by atoms with van der Waals surface area (Å²) < 4.78 is 6.27. The van der Waals surface area contributed by atoms with Crippen LogP contribution in [0.3, 0.4) is 0 Å². The molecule has 2 atom stereocenters. The number of benzene rings is 2. The molecule has 6 heteroatoms. The van der Waals surface area contributed by atoms with Gasteiger partial charge in [0.15, 0.2) is 12.0 Å². The minimum absolute atomic E-state index is 0.0634. The number of carbonyl (C=O) groups excluding carboxylic acids is 1. The van der Waals surface area contributed by atoms with Crippen molar-refractivity contribution in [1.82, 2.24) is 4.90 Å². The van der Waals surface area contributed by atoms with Crippen LogP contribution in [0, 0.1) is 11.3 Å². The van der Waals surface area contributed by atoms with Crippen LogP contribution in [-0.2, 0) is 0 Å². The van der Waals surface area contributed by atoms with Gasteiger partial charge < -0.3 is 14.7 Å². The van der Waals surface area contributed by atoms with Gasteiger partial charge in [-0.15, -0.1) is 0 Å². The van der Waals surface area contributed by atoms with Gasteiger partial charge in [-0.05, 0) is 56.7 Å². The van der Waals surface area contributed by atoms with E-state index >= 15 is 0 Å². The van der Waals surface area contributed by atoms with Crippen molar-refractivity contribution in [2.75, 3.05) is 31.1 Å². The molecule has 1 aliphatic heterocycles. The molecule has 0 aromatic heterocycles. The number of aliphatic hydroxyl groups excluding tert-OH is 1. The zero-order valence-corrected chi connectivity index (χ0v) is 18.3. The van der Waals surface area contributed by atoms with Gasteiger partial charge >= 0.3 is 0 Å². The predicted molar refractivity (Wildman–Crippen MR) is 122 cm³/mol. The standard InChI is InChI=1S/C25H29N3O3/c1-18(12-13-26)23-6-4-5-7-24(23)31-25(20(3)30)28-16-14-27(15-17-28)22-10-8-21(9-11-22)19(2)29/h4-12,20,25,30H,14-17H2,1-3H3/b18-12-. The monoisotopic (exact) mass is 419 g/mol. The van der Waals surface area contributed by atoms with Crippen molar-refractivity contribution >= 4 is 17.0 Å². The molecule has 1 aliphatic rings. The summed E-state index contributed by atoms with van der Waals surface area (Å²) in [5.74, 6) is 0.716. The van der Waals surface area contributed by atoms with E-state index in [9.17, 15) is 9.90 Å². The molecule has 0 saturated carbocycles. The van der Waals surface area contributed by atoms with E-state index in [1.54, 1.807) is 13.8 Å². The summed E-state index contributed by atoms with van der Waals surface area (Å²) >= 11 is 0. The van der Waals surface area contributed by atoms with Gasteiger partial charge in [0.1, 0.15) is 11.9 Å².